The van der Waals surface area contributed by atoms with Gasteiger partial charge < -0.3 is 5.32 Å². The minimum absolute atomic E-state index is 0.0753. The number of hydrogen-bond acceptors (Lipinski definition) is 3. The van der Waals surface area contributed by atoms with Gasteiger partial charge in [-0.2, -0.15) is 18.3 Å². The predicted molar refractivity (Wildman–Crippen MR) is 94.3 cm³/mol. The molecular weight excluding hydrogens is 400 g/mol. The molecule has 0 aliphatic carbocycles. The van der Waals surface area contributed by atoms with Crippen LogP contribution in [0.2, 0.25) is 5.02 Å². The molecule has 0 saturated heterocycles. The molecule has 146 valence electrons. The highest BCUT2D eigenvalue weighted by Crippen LogP contribution is 2.30. The van der Waals surface area contributed by atoms with E-state index in [0.717, 1.165) is 11.6 Å². The Bertz CT molecular complexity index is 986. The Morgan fingerprint density at radius 3 is 2.54 bits per heavy atom. The van der Waals surface area contributed by atoms with Crippen molar-refractivity contribution in [3.8, 4) is 11.4 Å². The lowest BCUT2D eigenvalue weighted by Crippen LogP contribution is -2.26. The molecule has 0 aliphatic rings. The van der Waals surface area contributed by atoms with E-state index in [1.165, 1.54) is 0 Å². The number of halogens is 5. The molecule has 2 N–H and O–H groups in total. The van der Waals surface area contributed by atoms with Crippen LogP contribution in [0.5, 0.6) is 0 Å². The van der Waals surface area contributed by atoms with Gasteiger partial charge >= 0.3 is 6.18 Å². The van der Waals surface area contributed by atoms with Crippen LogP contribution in [0, 0.1) is 5.82 Å². The topological polar surface area (TPSA) is 70.7 Å². The number of carbonyl (C=O) groups excluding carboxylic acids is 1. The second-order valence-electron chi connectivity index (χ2n) is 5.84. The van der Waals surface area contributed by atoms with Gasteiger partial charge in [0.2, 0.25) is 0 Å². The van der Waals surface area contributed by atoms with Gasteiger partial charge in [0.1, 0.15) is 11.6 Å². The molecule has 5 nitrogen and oxygen atoms in total. The van der Waals surface area contributed by atoms with Gasteiger partial charge in [0.25, 0.3) is 5.91 Å². The third-order valence-electron chi connectivity index (χ3n) is 3.77. The van der Waals surface area contributed by atoms with Crippen molar-refractivity contribution in [2.24, 2.45) is 0 Å². The summed E-state index contributed by atoms with van der Waals surface area (Å²) in [4.78, 5) is 16.3. The monoisotopic (exact) mass is 412 g/mol. The van der Waals surface area contributed by atoms with Crippen molar-refractivity contribution in [1.82, 2.24) is 20.5 Å². The fraction of sp³-hybridized carbons (Fsp3) is 0.167. The standard InChI is InChI=1S/C18H13ClF4N4O/c19-13-3-1-10(2-4-13)16-25-15(26-27-16)5-6-24-17(28)11-7-12(18(21,22)23)9-14(20)8-11/h1-4,7-9H,5-6H2,(H,24,28)(H,25,26,27). The minimum Gasteiger partial charge on any atom is -0.352 e. The van der Waals surface area contributed by atoms with Crippen molar-refractivity contribution in [3.63, 3.8) is 0 Å². The van der Waals surface area contributed by atoms with E-state index in [2.05, 4.69) is 20.5 Å². The number of carbonyl (C=O) groups is 1. The molecule has 3 rings (SSSR count). The Labute approximate surface area is 161 Å². The van der Waals surface area contributed by atoms with Crippen molar-refractivity contribution < 1.29 is 22.4 Å². The molecule has 0 saturated carbocycles. The molecule has 0 bridgehead atoms. The van der Waals surface area contributed by atoms with E-state index in [0.29, 0.717) is 28.8 Å². The van der Waals surface area contributed by atoms with Gasteiger partial charge in [-0.05, 0) is 42.5 Å². The number of alkyl halides is 3. The molecule has 2 aromatic carbocycles. The minimum atomic E-state index is -4.74. The first-order valence-corrected chi connectivity index (χ1v) is 8.43. The fourth-order valence-corrected chi connectivity index (χ4v) is 2.54. The van der Waals surface area contributed by atoms with Gasteiger partial charge in [-0.15, -0.1) is 0 Å². The number of hydrogen-bond donors (Lipinski definition) is 2. The number of nitrogens with one attached hydrogen (secondary N) is 2. The lowest BCUT2D eigenvalue weighted by atomic mass is 10.1. The van der Waals surface area contributed by atoms with E-state index in [9.17, 15) is 22.4 Å². The maximum absolute atomic E-state index is 13.4. The Kier molecular flexibility index (Phi) is 5.64. The van der Waals surface area contributed by atoms with Crippen LogP contribution in [0.1, 0.15) is 21.7 Å². The Morgan fingerprint density at radius 1 is 1.14 bits per heavy atom. The first-order valence-electron chi connectivity index (χ1n) is 8.05. The lowest BCUT2D eigenvalue weighted by molar-refractivity contribution is -0.137. The summed E-state index contributed by atoms with van der Waals surface area (Å²) < 4.78 is 51.6. The number of H-pyrrole nitrogens is 1. The van der Waals surface area contributed by atoms with Crippen molar-refractivity contribution >= 4 is 17.5 Å². The van der Waals surface area contributed by atoms with E-state index in [-0.39, 0.29) is 13.0 Å². The molecule has 0 fully saturated rings. The summed E-state index contributed by atoms with van der Waals surface area (Å²) in [5, 5.41) is 9.78. The van der Waals surface area contributed by atoms with Gasteiger partial charge in [-0.25, -0.2) is 9.37 Å². The van der Waals surface area contributed by atoms with Gasteiger partial charge in [0, 0.05) is 29.1 Å². The highest BCUT2D eigenvalue weighted by atomic mass is 35.5. The summed E-state index contributed by atoms with van der Waals surface area (Å²) in [6.45, 7) is 0.0753. The van der Waals surface area contributed by atoms with Crippen LogP contribution < -0.4 is 5.32 Å². The number of aromatic amines is 1. The molecule has 28 heavy (non-hydrogen) atoms. The molecule has 0 aliphatic heterocycles. The van der Waals surface area contributed by atoms with E-state index >= 15 is 0 Å². The van der Waals surface area contributed by atoms with Crippen LogP contribution in [0.15, 0.2) is 42.5 Å². The molecule has 1 heterocycles. The van der Waals surface area contributed by atoms with Crippen LogP contribution >= 0.6 is 11.6 Å². The number of benzene rings is 2. The van der Waals surface area contributed by atoms with Gasteiger partial charge in [-0.1, -0.05) is 11.6 Å². The molecule has 10 heteroatoms. The maximum atomic E-state index is 13.4. The molecule has 3 aromatic rings. The molecule has 0 unspecified atom stereocenters. The number of rotatable bonds is 5. The zero-order valence-electron chi connectivity index (χ0n) is 14.1. The highest BCUT2D eigenvalue weighted by molar-refractivity contribution is 6.30. The summed E-state index contributed by atoms with van der Waals surface area (Å²) >= 11 is 5.82. The second-order valence-corrected chi connectivity index (χ2v) is 6.28. The molecule has 1 aromatic heterocycles. The molecule has 0 radical (unpaired) electrons. The zero-order valence-corrected chi connectivity index (χ0v) is 14.9. The number of nitrogens with zero attached hydrogens (tertiary/aromatic N) is 2. The Hall–Kier alpha value is -2.94. The molecule has 0 spiro atoms. The smallest absolute Gasteiger partial charge is 0.352 e. The van der Waals surface area contributed by atoms with E-state index < -0.39 is 29.0 Å². The summed E-state index contributed by atoms with van der Waals surface area (Å²) in [6.07, 6.45) is -4.48. The summed E-state index contributed by atoms with van der Waals surface area (Å²) in [6, 6.07) is 8.58. The predicted octanol–water partition coefficient (Wildman–Crippen LogP) is 4.26. The van der Waals surface area contributed by atoms with E-state index in [4.69, 9.17) is 11.6 Å². The molecular formula is C18H13ClF4N4O. The van der Waals surface area contributed by atoms with Gasteiger partial charge in [0.15, 0.2) is 5.82 Å². The van der Waals surface area contributed by atoms with Crippen molar-refractivity contribution in [1.29, 1.82) is 0 Å². The largest absolute Gasteiger partial charge is 0.416 e. The third-order valence-corrected chi connectivity index (χ3v) is 4.02. The summed E-state index contributed by atoms with van der Waals surface area (Å²) in [5.41, 5.74) is -0.886. The van der Waals surface area contributed by atoms with Gasteiger partial charge in [-0.3, -0.25) is 9.89 Å². The normalized spacial score (nSPS) is 11.5. The summed E-state index contributed by atoms with van der Waals surface area (Å²) in [5.74, 6) is -1.04. The third kappa shape index (κ3) is 4.86. The highest BCUT2D eigenvalue weighted by Gasteiger charge is 2.32. The first-order chi connectivity index (χ1) is 13.2. The van der Waals surface area contributed by atoms with Crippen LogP contribution in [0.4, 0.5) is 17.6 Å². The first kappa shape index (κ1) is 19.8. The second kappa shape index (κ2) is 7.97. The van der Waals surface area contributed by atoms with Crippen molar-refractivity contribution in [2.45, 2.75) is 12.6 Å². The lowest BCUT2D eigenvalue weighted by Gasteiger charge is -2.09. The number of amides is 1. The van der Waals surface area contributed by atoms with E-state index in [1.807, 2.05) is 0 Å². The summed E-state index contributed by atoms with van der Waals surface area (Å²) in [7, 11) is 0. The fourth-order valence-electron chi connectivity index (χ4n) is 2.42. The molecule has 1 amide bonds. The van der Waals surface area contributed by atoms with Crippen molar-refractivity contribution in [2.75, 3.05) is 6.54 Å². The maximum Gasteiger partial charge on any atom is 0.416 e. The zero-order chi connectivity index (χ0) is 20.3. The van der Waals surface area contributed by atoms with Crippen LogP contribution in [-0.2, 0) is 12.6 Å². The van der Waals surface area contributed by atoms with Crippen LogP contribution in [-0.4, -0.2) is 27.6 Å². The quantitative estimate of drug-likeness (QED) is 0.615. The van der Waals surface area contributed by atoms with Gasteiger partial charge in [0.05, 0.1) is 5.56 Å². The average Bonchev–Trinajstić information content (AvgIpc) is 3.10. The Morgan fingerprint density at radius 2 is 1.86 bits per heavy atom. The SMILES string of the molecule is O=C(NCCc1nc(-c2ccc(Cl)cc2)n[nH]1)c1cc(F)cc(C(F)(F)F)c1. The molecule has 0 atom stereocenters. The van der Waals surface area contributed by atoms with Crippen molar-refractivity contribution in [3.05, 3.63) is 70.3 Å². The average molecular weight is 413 g/mol. The van der Waals surface area contributed by atoms with E-state index in [1.54, 1.807) is 24.3 Å². The van der Waals surface area contributed by atoms with Crippen LogP contribution in [0.25, 0.3) is 11.4 Å². The Balaban J connectivity index is 1.60. The number of aromatic nitrogens is 3. The van der Waals surface area contributed by atoms with Crippen LogP contribution in [0.3, 0.4) is 0 Å².